The van der Waals surface area contributed by atoms with Gasteiger partial charge < -0.3 is 15.2 Å². The van der Waals surface area contributed by atoms with Crippen molar-refractivity contribution < 1.29 is 28.7 Å². The van der Waals surface area contributed by atoms with E-state index in [4.69, 9.17) is 17.3 Å². The summed E-state index contributed by atoms with van der Waals surface area (Å²) >= 11 is 4.69. The van der Waals surface area contributed by atoms with Gasteiger partial charge in [-0.25, -0.2) is 14.6 Å². The summed E-state index contributed by atoms with van der Waals surface area (Å²) in [5.74, 6) is -1.79. The molecule has 0 radical (unpaired) electrons. The molecule has 2 aromatic heterocycles. The molecule has 192 valence electrons. The van der Waals surface area contributed by atoms with Gasteiger partial charge in [-0.05, 0) is 55.8 Å². The zero-order chi connectivity index (χ0) is 27.2. The maximum absolute atomic E-state index is 11.5. The normalized spacial score (nSPS) is 9.81. The number of aromatic nitrogens is 2. The summed E-state index contributed by atoms with van der Waals surface area (Å²) in [6.45, 7) is 3.64. The van der Waals surface area contributed by atoms with E-state index < -0.39 is 23.0 Å². The lowest BCUT2D eigenvalue weighted by Gasteiger charge is -2.02. The van der Waals surface area contributed by atoms with Crippen LogP contribution in [0.3, 0.4) is 0 Å². The molecule has 0 saturated carbocycles. The van der Waals surface area contributed by atoms with E-state index in [0.29, 0.717) is 11.5 Å². The summed E-state index contributed by atoms with van der Waals surface area (Å²) in [4.78, 5) is 51.1. The highest BCUT2D eigenvalue weighted by Gasteiger charge is 2.16. The van der Waals surface area contributed by atoms with Gasteiger partial charge in [-0.15, -0.1) is 0 Å². The van der Waals surface area contributed by atoms with Gasteiger partial charge in [0.25, 0.3) is 0 Å². The Kier molecular flexibility index (Phi) is 11.6. The molecule has 0 aliphatic heterocycles. The molecule has 0 spiro atoms. The van der Waals surface area contributed by atoms with Crippen molar-refractivity contribution in [2.24, 2.45) is 0 Å². The van der Waals surface area contributed by atoms with E-state index in [2.05, 4.69) is 19.4 Å². The highest BCUT2D eigenvalue weighted by molar-refractivity contribution is 6.80. The van der Waals surface area contributed by atoms with Crippen molar-refractivity contribution in [3.8, 4) is 0 Å². The lowest BCUT2D eigenvalue weighted by Crippen LogP contribution is -2.19. The van der Waals surface area contributed by atoms with Crippen LogP contribution in [0.1, 0.15) is 19.5 Å². The molecule has 0 aliphatic rings. The maximum Gasteiger partial charge on any atom is 0.391 e. The average Bonchev–Trinajstić information content (AvgIpc) is 2.89. The third-order valence-electron chi connectivity index (χ3n) is 4.56. The van der Waals surface area contributed by atoms with Crippen molar-refractivity contribution in [2.75, 3.05) is 18.9 Å². The number of carbonyl (C=O) groups excluding carboxylic acids is 4. The third kappa shape index (κ3) is 9.65. The Morgan fingerprint density at radius 3 is 1.78 bits per heavy atom. The van der Waals surface area contributed by atoms with Crippen LogP contribution in [0, 0.1) is 0 Å². The van der Waals surface area contributed by atoms with Crippen LogP contribution in [0.2, 0.25) is 0 Å². The Hall–Kier alpha value is -4.37. The molecule has 0 amide bonds. The van der Waals surface area contributed by atoms with Crippen LogP contribution in [0.5, 0.6) is 0 Å². The number of Topliss-reactive ketones (excluding diaryl/α,β-unsaturated/α-hetero) is 1. The zero-order valence-corrected chi connectivity index (χ0v) is 21.1. The van der Waals surface area contributed by atoms with Gasteiger partial charge in [-0.3, -0.25) is 14.6 Å². The summed E-state index contributed by atoms with van der Waals surface area (Å²) in [7, 11) is 0. The molecule has 0 saturated heterocycles. The van der Waals surface area contributed by atoms with Crippen LogP contribution in [0.4, 0.5) is 5.82 Å². The van der Waals surface area contributed by atoms with Crippen molar-refractivity contribution in [1.29, 1.82) is 0 Å². The lowest BCUT2D eigenvalue weighted by molar-refractivity contribution is -0.153. The molecule has 4 rings (SSSR count). The van der Waals surface area contributed by atoms with Gasteiger partial charge in [0.05, 0.1) is 30.7 Å². The fourth-order valence-corrected chi connectivity index (χ4v) is 2.98. The Balaban J connectivity index is 0.000000216. The Morgan fingerprint density at radius 1 is 0.730 bits per heavy atom. The zero-order valence-electron chi connectivity index (χ0n) is 20.3. The Bertz CT molecular complexity index is 1390. The van der Waals surface area contributed by atoms with Crippen molar-refractivity contribution in [3.05, 3.63) is 78.5 Å². The number of benzene rings is 2. The number of hydrogen-bond donors (Lipinski definition) is 1. The van der Waals surface area contributed by atoms with E-state index in [1.54, 1.807) is 19.9 Å². The number of carbonyl (C=O) groups is 4. The first-order valence-electron chi connectivity index (χ1n) is 11.3. The molecule has 0 unspecified atom stereocenters. The summed E-state index contributed by atoms with van der Waals surface area (Å²) < 4.78 is 8.83. The van der Waals surface area contributed by atoms with E-state index in [0.717, 1.165) is 21.8 Å². The average molecular weight is 524 g/mol. The molecule has 0 atom stereocenters. The molecular weight excluding hydrogens is 498 g/mol. The van der Waals surface area contributed by atoms with E-state index in [-0.39, 0.29) is 19.6 Å². The van der Waals surface area contributed by atoms with E-state index in [9.17, 15) is 19.2 Å². The van der Waals surface area contributed by atoms with Crippen molar-refractivity contribution in [3.63, 3.8) is 0 Å². The van der Waals surface area contributed by atoms with Gasteiger partial charge in [-0.1, -0.05) is 42.5 Å². The van der Waals surface area contributed by atoms with Gasteiger partial charge in [0.15, 0.2) is 0 Å². The fraction of sp³-hybridized carbons (Fsp3) is 0.185. The molecule has 2 heterocycles. The number of nitrogens with zero attached hydrogens (tertiary/aromatic N) is 2. The molecule has 2 N–H and O–H groups in total. The number of fused-ring (bicyclic) bond motifs is 2. The minimum atomic E-state index is -1.08. The molecule has 2 aromatic carbocycles. The summed E-state index contributed by atoms with van der Waals surface area (Å²) in [6.07, 6.45) is -0.0241. The standard InChI is InChI=1S/C14H13NO3.C9H8N2.C4H5ClO3/c1-2-18-14(17)13(16)9-11-8-7-10-5-3-4-6-12(10)15-11;10-9-6-5-7-3-1-2-4-8(7)11-9;1-2-8-4(7)3(5)6/h3-8H,2,9H2,1H3;1-6H,(H2,10,11);2H2,1H3. The number of ketones is 1. The van der Waals surface area contributed by atoms with Crippen LogP contribution < -0.4 is 5.73 Å². The van der Waals surface area contributed by atoms with Crippen molar-refractivity contribution in [2.45, 2.75) is 20.3 Å². The topological polar surface area (TPSA) is 139 Å². The van der Waals surface area contributed by atoms with Crippen LogP contribution >= 0.6 is 11.6 Å². The third-order valence-corrected chi connectivity index (χ3v) is 4.71. The smallest absolute Gasteiger partial charge is 0.391 e. The maximum atomic E-state index is 11.5. The first-order valence-corrected chi connectivity index (χ1v) is 11.6. The molecule has 0 bridgehead atoms. The van der Waals surface area contributed by atoms with E-state index in [1.165, 1.54) is 0 Å². The van der Waals surface area contributed by atoms with Gasteiger partial charge in [0, 0.05) is 16.5 Å². The SMILES string of the molecule is CCOC(=O)C(=O)Cc1ccc2ccccc2n1.CCOC(=O)C(=O)Cl.Nc1ccc2ccccc2n1. The predicted molar refractivity (Wildman–Crippen MR) is 141 cm³/mol. The molecule has 10 heteroatoms. The second-order valence-electron chi connectivity index (χ2n) is 7.24. The number of esters is 2. The van der Waals surface area contributed by atoms with Crippen LogP contribution in [-0.4, -0.2) is 46.1 Å². The quantitative estimate of drug-likeness (QED) is 0.225. The largest absolute Gasteiger partial charge is 0.460 e. The number of nitrogen functional groups attached to an aromatic ring is 1. The van der Waals surface area contributed by atoms with Crippen LogP contribution in [0.25, 0.3) is 21.8 Å². The van der Waals surface area contributed by atoms with Gasteiger partial charge in [0.1, 0.15) is 5.82 Å². The minimum Gasteiger partial charge on any atom is -0.460 e. The molecule has 4 aromatic rings. The van der Waals surface area contributed by atoms with E-state index in [1.807, 2.05) is 66.7 Å². The monoisotopic (exact) mass is 523 g/mol. The Labute approximate surface area is 218 Å². The second kappa shape index (κ2) is 14.9. The highest BCUT2D eigenvalue weighted by atomic mass is 35.5. The lowest BCUT2D eigenvalue weighted by atomic mass is 10.1. The molecule has 37 heavy (non-hydrogen) atoms. The second-order valence-corrected chi connectivity index (χ2v) is 7.58. The number of ether oxygens (including phenoxy) is 2. The first kappa shape index (κ1) is 28.9. The predicted octanol–water partition coefficient (Wildman–Crippen LogP) is 4.04. The number of hydrogen-bond acceptors (Lipinski definition) is 9. The fourth-order valence-electron chi connectivity index (χ4n) is 2.92. The number of halogens is 1. The minimum absolute atomic E-state index is 0.0241. The molecule has 0 fully saturated rings. The summed E-state index contributed by atoms with van der Waals surface area (Å²) in [5.41, 5.74) is 7.85. The van der Waals surface area contributed by atoms with Crippen LogP contribution in [0.15, 0.2) is 72.8 Å². The molecular formula is C27H26ClN3O6. The summed E-state index contributed by atoms with van der Waals surface area (Å²) in [5, 5.41) is 1.05. The molecule has 0 aliphatic carbocycles. The first-order chi connectivity index (χ1) is 17.7. The number of rotatable bonds is 6. The van der Waals surface area contributed by atoms with E-state index >= 15 is 0 Å². The van der Waals surface area contributed by atoms with Crippen LogP contribution in [-0.2, 0) is 35.1 Å². The molecule has 9 nitrogen and oxygen atoms in total. The van der Waals surface area contributed by atoms with Crippen molar-refractivity contribution in [1.82, 2.24) is 9.97 Å². The van der Waals surface area contributed by atoms with Gasteiger partial charge >= 0.3 is 17.2 Å². The summed E-state index contributed by atoms with van der Waals surface area (Å²) in [6, 6.07) is 22.9. The highest BCUT2D eigenvalue weighted by Crippen LogP contribution is 2.13. The van der Waals surface area contributed by atoms with Gasteiger partial charge in [-0.2, -0.15) is 0 Å². The van der Waals surface area contributed by atoms with Gasteiger partial charge in [0.2, 0.25) is 5.78 Å². The Morgan fingerprint density at radius 2 is 1.24 bits per heavy atom. The van der Waals surface area contributed by atoms with Crippen molar-refractivity contribution >= 4 is 62.2 Å². The number of nitrogens with two attached hydrogens (primary N) is 1. The number of anilines is 1. The number of para-hydroxylation sites is 2. The number of pyridine rings is 2.